The second-order valence-electron chi connectivity index (χ2n) is 7.55. The minimum Gasteiger partial charge on any atom is -0.395 e. The highest BCUT2D eigenvalue weighted by Gasteiger charge is 2.49. The van der Waals surface area contributed by atoms with Crippen LogP contribution in [0.2, 0.25) is 0 Å². The summed E-state index contributed by atoms with van der Waals surface area (Å²) in [6, 6.07) is 18.5. The van der Waals surface area contributed by atoms with E-state index in [0.717, 1.165) is 31.7 Å². The van der Waals surface area contributed by atoms with Gasteiger partial charge in [-0.1, -0.05) is 42.5 Å². The minimum absolute atomic E-state index is 0.282. The summed E-state index contributed by atoms with van der Waals surface area (Å²) in [6.45, 7) is 2.19. The van der Waals surface area contributed by atoms with Gasteiger partial charge in [-0.15, -0.1) is 0 Å². The van der Waals surface area contributed by atoms with Crippen LogP contribution in [0.4, 0.5) is 5.69 Å². The van der Waals surface area contributed by atoms with Crippen LogP contribution >= 0.6 is 0 Å². The monoisotopic (exact) mass is 392 g/mol. The van der Waals surface area contributed by atoms with Crippen molar-refractivity contribution in [3.8, 4) is 0 Å². The summed E-state index contributed by atoms with van der Waals surface area (Å²) in [5.74, 6) is 0.890. The van der Waals surface area contributed by atoms with Gasteiger partial charge in [-0.05, 0) is 42.0 Å². The molecule has 0 radical (unpaired) electrons. The SMILES string of the molecule is NC(/N=C\Cc1ccc(C2CCOCC2)cc1)=C(/N)C1(Nc2ccccc2)CO1. The average Bonchev–Trinajstić information content (AvgIpc) is 3.55. The van der Waals surface area contributed by atoms with E-state index in [2.05, 4.69) is 34.6 Å². The van der Waals surface area contributed by atoms with E-state index in [0.29, 0.717) is 24.6 Å². The van der Waals surface area contributed by atoms with Crippen molar-refractivity contribution in [1.29, 1.82) is 0 Å². The summed E-state index contributed by atoms with van der Waals surface area (Å²) in [5, 5.41) is 3.29. The maximum Gasteiger partial charge on any atom is 0.207 e. The molecule has 2 aromatic carbocycles. The Morgan fingerprint density at radius 2 is 1.76 bits per heavy atom. The highest BCUT2D eigenvalue weighted by Crippen LogP contribution is 2.34. The first-order chi connectivity index (χ1) is 14.2. The van der Waals surface area contributed by atoms with Crippen molar-refractivity contribution in [2.24, 2.45) is 16.5 Å². The molecular weight excluding hydrogens is 364 g/mol. The third-order valence-corrected chi connectivity index (χ3v) is 5.49. The van der Waals surface area contributed by atoms with Crippen LogP contribution in [0.15, 0.2) is 71.1 Å². The zero-order valence-electron chi connectivity index (χ0n) is 16.5. The largest absolute Gasteiger partial charge is 0.395 e. The Hall–Kier alpha value is -2.83. The van der Waals surface area contributed by atoms with Gasteiger partial charge in [-0.25, -0.2) is 4.99 Å². The maximum absolute atomic E-state index is 6.23. The van der Waals surface area contributed by atoms with Crippen molar-refractivity contribution in [3.63, 3.8) is 0 Å². The van der Waals surface area contributed by atoms with Gasteiger partial charge in [0.25, 0.3) is 0 Å². The topological polar surface area (TPSA) is 98.2 Å². The molecule has 0 saturated carbocycles. The van der Waals surface area contributed by atoms with Crippen LogP contribution in [0.1, 0.15) is 29.9 Å². The number of aliphatic imine (C=N–C) groups is 1. The number of hydrogen-bond acceptors (Lipinski definition) is 6. The predicted octanol–water partition coefficient (Wildman–Crippen LogP) is 3.12. The van der Waals surface area contributed by atoms with Crippen molar-refractivity contribution in [3.05, 3.63) is 77.2 Å². The van der Waals surface area contributed by atoms with Gasteiger partial charge in [0.2, 0.25) is 5.72 Å². The van der Waals surface area contributed by atoms with Gasteiger partial charge in [-0.2, -0.15) is 0 Å². The summed E-state index contributed by atoms with van der Waals surface area (Å²) in [6.07, 6.45) is 4.69. The van der Waals surface area contributed by atoms with Crippen LogP contribution in [0.3, 0.4) is 0 Å². The van der Waals surface area contributed by atoms with Gasteiger partial charge in [0.15, 0.2) is 0 Å². The quantitative estimate of drug-likeness (QED) is 0.497. The Balaban J connectivity index is 1.35. The normalized spacial score (nSPS) is 23.0. The van der Waals surface area contributed by atoms with Crippen LogP contribution in [-0.4, -0.2) is 31.8 Å². The molecule has 29 heavy (non-hydrogen) atoms. The van der Waals surface area contributed by atoms with Crippen LogP contribution in [0, 0.1) is 0 Å². The zero-order chi connectivity index (χ0) is 20.1. The smallest absolute Gasteiger partial charge is 0.207 e. The molecule has 152 valence electrons. The summed E-state index contributed by atoms with van der Waals surface area (Å²) < 4.78 is 11.0. The Labute approximate surface area is 171 Å². The second-order valence-corrected chi connectivity index (χ2v) is 7.55. The molecule has 6 heteroatoms. The van der Waals surface area contributed by atoms with Gasteiger partial charge in [0.1, 0.15) is 18.1 Å². The molecule has 0 spiro atoms. The number of anilines is 1. The van der Waals surface area contributed by atoms with Crippen molar-refractivity contribution in [2.75, 3.05) is 25.1 Å². The van der Waals surface area contributed by atoms with E-state index in [1.165, 1.54) is 11.1 Å². The van der Waals surface area contributed by atoms with Gasteiger partial charge in [0, 0.05) is 31.5 Å². The Morgan fingerprint density at radius 3 is 2.41 bits per heavy atom. The molecule has 1 unspecified atom stereocenters. The predicted molar refractivity (Wildman–Crippen MR) is 116 cm³/mol. The number of nitrogens with one attached hydrogen (secondary N) is 1. The lowest BCUT2D eigenvalue weighted by molar-refractivity contribution is 0.0853. The van der Waals surface area contributed by atoms with E-state index in [-0.39, 0.29) is 5.82 Å². The Bertz CT molecular complexity index is 868. The fourth-order valence-corrected chi connectivity index (χ4v) is 3.60. The fraction of sp³-hybridized carbons (Fsp3) is 0.348. The number of epoxide rings is 1. The zero-order valence-corrected chi connectivity index (χ0v) is 16.5. The lowest BCUT2D eigenvalue weighted by Crippen LogP contribution is -2.33. The Kier molecular flexibility index (Phi) is 5.83. The van der Waals surface area contributed by atoms with E-state index >= 15 is 0 Å². The van der Waals surface area contributed by atoms with Crippen molar-refractivity contribution in [2.45, 2.75) is 30.9 Å². The standard InChI is InChI=1S/C23H28N4O2/c24-21(23(16-29-23)27-20-4-2-1-3-5-20)22(25)26-13-10-17-6-8-18(9-7-17)19-11-14-28-15-12-19/h1-9,13,19,27H,10-12,14-16,24-25H2/b22-21-,26-13-. The number of ether oxygens (including phenoxy) is 2. The fourth-order valence-electron chi connectivity index (χ4n) is 3.60. The number of para-hydroxylation sites is 1. The number of nitrogens with two attached hydrogens (primary N) is 2. The van der Waals surface area contributed by atoms with E-state index in [1.807, 2.05) is 30.3 Å². The molecule has 2 heterocycles. The molecule has 0 bridgehead atoms. The lowest BCUT2D eigenvalue weighted by Gasteiger charge is -2.22. The summed E-state index contributed by atoms with van der Waals surface area (Å²) in [4.78, 5) is 4.35. The first-order valence-electron chi connectivity index (χ1n) is 10.1. The molecule has 0 amide bonds. The molecule has 1 atom stereocenters. The van der Waals surface area contributed by atoms with E-state index in [9.17, 15) is 0 Å². The van der Waals surface area contributed by atoms with E-state index in [4.69, 9.17) is 20.9 Å². The first kappa shape index (κ1) is 19.5. The number of hydrogen-bond donors (Lipinski definition) is 3. The summed E-state index contributed by atoms with van der Waals surface area (Å²) in [7, 11) is 0. The average molecular weight is 393 g/mol. The van der Waals surface area contributed by atoms with Crippen LogP contribution in [0.25, 0.3) is 0 Å². The minimum atomic E-state index is -0.756. The molecule has 4 rings (SSSR count). The molecule has 2 aromatic rings. The van der Waals surface area contributed by atoms with Gasteiger partial charge >= 0.3 is 0 Å². The molecule has 0 aromatic heterocycles. The molecular formula is C23H28N4O2. The van der Waals surface area contributed by atoms with Crippen LogP contribution < -0.4 is 16.8 Å². The van der Waals surface area contributed by atoms with Crippen LogP contribution in [0.5, 0.6) is 0 Å². The summed E-state index contributed by atoms with van der Waals surface area (Å²) >= 11 is 0. The molecule has 0 aliphatic carbocycles. The summed E-state index contributed by atoms with van der Waals surface area (Å²) in [5.41, 5.74) is 15.5. The second kappa shape index (κ2) is 8.68. The Morgan fingerprint density at radius 1 is 1.07 bits per heavy atom. The van der Waals surface area contributed by atoms with Crippen molar-refractivity contribution >= 4 is 11.9 Å². The highest BCUT2D eigenvalue weighted by atomic mass is 16.6. The molecule has 6 nitrogen and oxygen atoms in total. The van der Waals surface area contributed by atoms with Crippen molar-refractivity contribution in [1.82, 2.24) is 0 Å². The maximum atomic E-state index is 6.23. The third kappa shape index (κ3) is 4.78. The lowest BCUT2D eigenvalue weighted by atomic mass is 9.91. The molecule has 2 aliphatic heterocycles. The first-order valence-corrected chi connectivity index (χ1v) is 10.1. The van der Waals surface area contributed by atoms with Gasteiger partial charge in [0.05, 0.1) is 0 Å². The van der Waals surface area contributed by atoms with E-state index < -0.39 is 5.72 Å². The van der Waals surface area contributed by atoms with E-state index in [1.54, 1.807) is 6.21 Å². The van der Waals surface area contributed by atoms with Gasteiger partial charge < -0.3 is 26.3 Å². The van der Waals surface area contributed by atoms with Crippen LogP contribution in [-0.2, 0) is 15.9 Å². The van der Waals surface area contributed by atoms with Gasteiger partial charge in [-0.3, -0.25) is 0 Å². The highest BCUT2D eigenvalue weighted by molar-refractivity contribution is 5.63. The van der Waals surface area contributed by atoms with Crippen molar-refractivity contribution < 1.29 is 9.47 Å². The third-order valence-electron chi connectivity index (χ3n) is 5.49. The molecule has 2 saturated heterocycles. The molecule has 2 aliphatic rings. The number of rotatable bonds is 7. The molecule has 5 N–H and O–H groups in total. The number of nitrogens with zero attached hydrogens (tertiary/aromatic N) is 1. The number of benzene rings is 2. The molecule has 2 fully saturated rings.